The Hall–Kier alpha value is -1.98. The lowest BCUT2D eigenvalue weighted by Gasteiger charge is -2.01. The molecule has 0 saturated heterocycles. The first-order chi connectivity index (χ1) is 7.18. The molecule has 2 aromatic rings. The van der Waals surface area contributed by atoms with Crippen molar-refractivity contribution in [1.82, 2.24) is 24.4 Å². The molecule has 2 rings (SSSR count). The van der Waals surface area contributed by atoms with Crippen LogP contribution in [0.25, 0.3) is 11.2 Å². The van der Waals surface area contributed by atoms with Gasteiger partial charge < -0.3 is 9.47 Å². The molecule has 0 fully saturated rings. The molecule has 0 atom stereocenters. The monoisotopic (exact) mass is 204 g/mol. The van der Waals surface area contributed by atoms with Gasteiger partial charge in [0.05, 0.1) is 12.7 Å². The number of rotatable bonds is 2. The zero-order valence-electron chi connectivity index (χ0n) is 8.92. The Morgan fingerprint density at radius 2 is 2.13 bits per heavy atom. The highest BCUT2D eigenvalue weighted by atomic mass is 15.1. The summed E-state index contributed by atoms with van der Waals surface area (Å²) in [5.74, 6) is 0.592. The minimum atomic E-state index is 0.592. The summed E-state index contributed by atoms with van der Waals surface area (Å²) in [7, 11) is 5.70. The molecule has 0 unspecified atom stereocenters. The number of nitrogens with zero attached hydrogens (tertiary/aromatic N) is 6. The molecule has 0 bridgehead atoms. The molecular weight excluding hydrogens is 192 g/mol. The highest BCUT2D eigenvalue weighted by Crippen LogP contribution is 2.18. The van der Waals surface area contributed by atoms with Gasteiger partial charge in [0.1, 0.15) is 6.33 Å². The minimum Gasteiger partial charge on any atom is -0.369 e. The smallest absolute Gasteiger partial charge is 0.184 e. The van der Waals surface area contributed by atoms with Crippen LogP contribution in [0.5, 0.6) is 0 Å². The molecule has 6 nitrogen and oxygen atoms in total. The quantitative estimate of drug-likeness (QED) is 0.530. The summed E-state index contributed by atoms with van der Waals surface area (Å²) >= 11 is 0. The molecule has 0 aliphatic heterocycles. The van der Waals surface area contributed by atoms with Gasteiger partial charge in [-0.25, -0.2) is 19.9 Å². The maximum atomic E-state index is 4.22. The number of aliphatic imine (C=N–C) groups is 1. The van der Waals surface area contributed by atoms with E-state index in [9.17, 15) is 0 Å². The number of aryl methyl sites for hydroxylation is 1. The third kappa shape index (κ3) is 1.78. The summed E-state index contributed by atoms with van der Waals surface area (Å²) in [6.07, 6.45) is 4.89. The molecule has 2 heterocycles. The number of hydrogen-bond acceptors (Lipinski definition) is 4. The maximum absolute atomic E-state index is 4.22. The molecule has 6 heteroatoms. The SMILES string of the molecule is CN(C)/C=N\c1ncnc2c1ncn2C. The Kier molecular flexibility index (Phi) is 2.32. The summed E-state index contributed by atoms with van der Waals surface area (Å²) in [4.78, 5) is 18.5. The van der Waals surface area contributed by atoms with Crippen LogP contribution in [0.4, 0.5) is 5.82 Å². The zero-order chi connectivity index (χ0) is 10.8. The van der Waals surface area contributed by atoms with Crippen LogP contribution in [-0.4, -0.2) is 44.9 Å². The van der Waals surface area contributed by atoms with E-state index in [1.165, 1.54) is 6.33 Å². The fourth-order valence-electron chi connectivity index (χ4n) is 1.20. The van der Waals surface area contributed by atoms with Crippen molar-refractivity contribution in [3.8, 4) is 0 Å². The average Bonchev–Trinajstić information content (AvgIpc) is 2.58. The van der Waals surface area contributed by atoms with E-state index in [0.717, 1.165) is 11.2 Å². The standard InChI is InChI=1S/C9H12N6/c1-14(2)5-13-8-7-9(11-4-10-8)15(3)6-12-7/h4-6H,1-3H3/b13-5-. The van der Waals surface area contributed by atoms with E-state index in [1.54, 1.807) is 12.7 Å². The van der Waals surface area contributed by atoms with Gasteiger partial charge >= 0.3 is 0 Å². The van der Waals surface area contributed by atoms with Gasteiger partial charge in [-0.2, -0.15) is 0 Å². The highest BCUT2D eigenvalue weighted by Gasteiger charge is 2.06. The number of fused-ring (bicyclic) bond motifs is 1. The van der Waals surface area contributed by atoms with E-state index in [0.29, 0.717) is 5.82 Å². The van der Waals surface area contributed by atoms with Crippen LogP contribution in [0.3, 0.4) is 0 Å². The highest BCUT2D eigenvalue weighted by molar-refractivity contribution is 5.82. The predicted molar refractivity (Wildman–Crippen MR) is 58.1 cm³/mol. The van der Waals surface area contributed by atoms with Crippen LogP contribution in [0, 0.1) is 0 Å². The molecule has 0 amide bonds. The van der Waals surface area contributed by atoms with E-state index in [4.69, 9.17) is 0 Å². The number of hydrogen-bond donors (Lipinski definition) is 0. The molecule has 2 aromatic heterocycles. The van der Waals surface area contributed by atoms with Crippen molar-refractivity contribution in [3.05, 3.63) is 12.7 Å². The van der Waals surface area contributed by atoms with E-state index in [-0.39, 0.29) is 0 Å². The summed E-state index contributed by atoms with van der Waals surface area (Å²) in [6.45, 7) is 0. The fraction of sp³-hybridized carbons (Fsp3) is 0.333. The Morgan fingerprint density at radius 1 is 1.33 bits per heavy atom. The largest absolute Gasteiger partial charge is 0.369 e. The van der Waals surface area contributed by atoms with Gasteiger partial charge in [0.25, 0.3) is 0 Å². The molecule has 0 aliphatic rings. The number of imidazole rings is 1. The van der Waals surface area contributed by atoms with Crippen molar-refractivity contribution in [2.45, 2.75) is 0 Å². The van der Waals surface area contributed by atoms with Crippen LogP contribution >= 0.6 is 0 Å². The topological polar surface area (TPSA) is 59.2 Å². The first-order valence-electron chi connectivity index (χ1n) is 4.51. The van der Waals surface area contributed by atoms with Crippen LogP contribution in [0.15, 0.2) is 17.6 Å². The Labute approximate surface area is 87.3 Å². The minimum absolute atomic E-state index is 0.592. The Balaban J connectivity index is 2.52. The van der Waals surface area contributed by atoms with Crippen molar-refractivity contribution in [2.24, 2.45) is 12.0 Å². The van der Waals surface area contributed by atoms with Crippen LogP contribution < -0.4 is 0 Å². The second kappa shape index (κ2) is 3.64. The molecule has 78 valence electrons. The Morgan fingerprint density at radius 3 is 2.87 bits per heavy atom. The zero-order valence-corrected chi connectivity index (χ0v) is 8.92. The van der Waals surface area contributed by atoms with Crippen molar-refractivity contribution < 1.29 is 0 Å². The summed E-state index contributed by atoms with van der Waals surface area (Å²) in [5.41, 5.74) is 1.51. The summed E-state index contributed by atoms with van der Waals surface area (Å²) < 4.78 is 1.84. The second-order valence-electron chi connectivity index (χ2n) is 3.43. The lowest BCUT2D eigenvalue weighted by atomic mass is 10.5. The van der Waals surface area contributed by atoms with E-state index >= 15 is 0 Å². The molecular formula is C9H12N6. The van der Waals surface area contributed by atoms with E-state index in [1.807, 2.05) is 30.6 Å². The van der Waals surface area contributed by atoms with Crippen LogP contribution in [-0.2, 0) is 7.05 Å². The van der Waals surface area contributed by atoms with Gasteiger partial charge in [-0.3, -0.25) is 0 Å². The van der Waals surface area contributed by atoms with Gasteiger partial charge in [0.2, 0.25) is 0 Å². The maximum Gasteiger partial charge on any atom is 0.184 e. The van der Waals surface area contributed by atoms with Gasteiger partial charge in [0.15, 0.2) is 17.0 Å². The van der Waals surface area contributed by atoms with E-state index in [2.05, 4.69) is 19.9 Å². The summed E-state index contributed by atoms with van der Waals surface area (Å²) in [6, 6.07) is 0. The first kappa shape index (κ1) is 9.57. The molecule has 0 aliphatic carbocycles. The first-order valence-corrected chi connectivity index (χ1v) is 4.51. The van der Waals surface area contributed by atoms with Crippen molar-refractivity contribution >= 4 is 23.3 Å². The van der Waals surface area contributed by atoms with Crippen LogP contribution in [0.2, 0.25) is 0 Å². The average molecular weight is 204 g/mol. The lowest BCUT2D eigenvalue weighted by Crippen LogP contribution is -2.07. The predicted octanol–water partition coefficient (Wildman–Crippen LogP) is 0.585. The van der Waals surface area contributed by atoms with Crippen molar-refractivity contribution in [3.63, 3.8) is 0 Å². The molecule has 0 saturated carbocycles. The second-order valence-corrected chi connectivity index (χ2v) is 3.43. The molecule has 0 N–H and O–H groups in total. The van der Waals surface area contributed by atoms with Gasteiger partial charge in [-0.15, -0.1) is 0 Å². The Bertz CT molecular complexity index is 498. The van der Waals surface area contributed by atoms with Crippen LogP contribution in [0.1, 0.15) is 0 Å². The fourth-order valence-corrected chi connectivity index (χ4v) is 1.20. The normalized spacial score (nSPS) is 11.4. The van der Waals surface area contributed by atoms with Gasteiger partial charge in [-0.05, 0) is 0 Å². The lowest BCUT2D eigenvalue weighted by molar-refractivity contribution is 0.643. The summed E-state index contributed by atoms with van der Waals surface area (Å²) in [5, 5.41) is 0. The van der Waals surface area contributed by atoms with Crippen molar-refractivity contribution in [2.75, 3.05) is 14.1 Å². The third-order valence-corrected chi connectivity index (χ3v) is 1.89. The third-order valence-electron chi connectivity index (χ3n) is 1.89. The molecule has 0 radical (unpaired) electrons. The van der Waals surface area contributed by atoms with E-state index < -0.39 is 0 Å². The van der Waals surface area contributed by atoms with Crippen molar-refractivity contribution in [1.29, 1.82) is 0 Å². The molecule has 0 spiro atoms. The number of aromatic nitrogens is 4. The van der Waals surface area contributed by atoms with Gasteiger partial charge in [0, 0.05) is 21.1 Å². The van der Waals surface area contributed by atoms with Gasteiger partial charge in [-0.1, -0.05) is 0 Å². The molecule has 0 aromatic carbocycles. The molecule has 15 heavy (non-hydrogen) atoms.